The van der Waals surface area contributed by atoms with Gasteiger partial charge in [-0.3, -0.25) is 4.98 Å². The molecule has 0 unspecified atom stereocenters. The van der Waals surface area contributed by atoms with Crippen molar-refractivity contribution in [3.63, 3.8) is 0 Å². The van der Waals surface area contributed by atoms with E-state index in [4.69, 9.17) is 9.15 Å². The third kappa shape index (κ3) is 4.28. The van der Waals surface area contributed by atoms with Gasteiger partial charge in [-0.15, -0.1) is 10.2 Å². The number of ether oxygens (including phenoxy) is 1. The summed E-state index contributed by atoms with van der Waals surface area (Å²) < 4.78 is 35.9. The lowest BCUT2D eigenvalue weighted by molar-refractivity contribution is 0.0416. The van der Waals surface area contributed by atoms with Crippen LogP contribution in [0.15, 0.2) is 70.2 Å². The SMILES string of the molecule is CNCc1ccc(-c2nnc(-c3cncc(-c4ccc(S(=O)(=O)C5COC5)cc4)n3)o2)cc1. The van der Waals surface area contributed by atoms with E-state index in [-0.39, 0.29) is 24.0 Å². The zero-order valence-electron chi connectivity index (χ0n) is 17.8. The second kappa shape index (κ2) is 8.81. The number of aromatic nitrogens is 4. The summed E-state index contributed by atoms with van der Waals surface area (Å²) in [5, 5.41) is 10.9. The minimum Gasteiger partial charge on any atom is -0.415 e. The second-order valence-corrected chi connectivity index (χ2v) is 9.89. The highest BCUT2D eigenvalue weighted by molar-refractivity contribution is 7.92. The Hall–Kier alpha value is -3.47. The average Bonchev–Trinajstić information content (AvgIpc) is 3.29. The number of hydrogen-bond donors (Lipinski definition) is 1. The van der Waals surface area contributed by atoms with Gasteiger partial charge in [0.25, 0.3) is 5.89 Å². The van der Waals surface area contributed by atoms with Gasteiger partial charge in [0.1, 0.15) is 10.9 Å². The third-order valence-corrected chi connectivity index (χ3v) is 7.46. The molecular weight excluding hydrogens is 442 g/mol. The van der Waals surface area contributed by atoms with Crippen LogP contribution in [-0.4, -0.2) is 54.1 Å². The van der Waals surface area contributed by atoms with Crippen molar-refractivity contribution >= 4 is 9.84 Å². The van der Waals surface area contributed by atoms with Crippen LogP contribution in [-0.2, 0) is 21.1 Å². The van der Waals surface area contributed by atoms with Crippen LogP contribution >= 0.6 is 0 Å². The molecule has 10 heteroatoms. The van der Waals surface area contributed by atoms with Crippen LogP contribution in [0.1, 0.15) is 5.56 Å². The quantitative estimate of drug-likeness (QED) is 0.441. The number of sulfone groups is 1. The summed E-state index contributed by atoms with van der Waals surface area (Å²) in [6.07, 6.45) is 3.15. The van der Waals surface area contributed by atoms with Crippen molar-refractivity contribution in [3.8, 4) is 34.3 Å². The van der Waals surface area contributed by atoms with Crippen molar-refractivity contribution in [3.05, 3.63) is 66.5 Å². The van der Waals surface area contributed by atoms with Gasteiger partial charge in [0.05, 0.1) is 36.2 Å². The Morgan fingerprint density at radius 3 is 2.24 bits per heavy atom. The molecule has 1 aliphatic rings. The highest BCUT2D eigenvalue weighted by Crippen LogP contribution is 2.27. The number of nitrogens with zero attached hydrogens (tertiary/aromatic N) is 4. The van der Waals surface area contributed by atoms with Gasteiger partial charge in [-0.25, -0.2) is 13.4 Å². The predicted octanol–water partition coefficient (Wildman–Crippen LogP) is 2.75. The molecule has 0 atom stereocenters. The van der Waals surface area contributed by atoms with Crippen LogP contribution in [0.5, 0.6) is 0 Å². The molecule has 3 heterocycles. The van der Waals surface area contributed by atoms with Gasteiger partial charge in [0.15, 0.2) is 9.84 Å². The van der Waals surface area contributed by atoms with Gasteiger partial charge < -0.3 is 14.5 Å². The summed E-state index contributed by atoms with van der Waals surface area (Å²) in [5.74, 6) is 0.644. The summed E-state index contributed by atoms with van der Waals surface area (Å²) in [5.41, 5.74) is 3.69. The van der Waals surface area contributed by atoms with Crippen LogP contribution in [0.3, 0.4) is 0 Å². The molecule has 2 aromatic heterocycles. The summed E-state index contributed by atoms with van der Waals surface area (Å²) >= 11 is 0. The number of rotatable bonds is 7. The monoisotopic (exact) mass is 463 g/mol. The van der Waals surface area contributed by atoms with E-state index in [2.05, 4.69) is 25.5 Å². The molecule has 1 saturated heterocycles. The van der Waals surface area contributed by atoms with Crippen LogP contribution in [0.4, 0.5) is 0 Å². The zero-order valence-corrected chi connectivity index (χ0v) is 18.6. The van der Waals surface area contributed by atoms with Gasteiger partial charge in [-0.1, -0.05) is 24.3 Å². The van der Waals surface area contributed by atoms with Crippen LogP contribution in [0, 0.1) is 0 Å². The molecule has 168 valence electrons. The summed E-state index contributed by atoms with van der Waals surface area (Å²) in [6.45, 7) is 1.26. The van der Waals surface area contributed by atoms with E-state index < -0.39 is 15.1 Å². The molecule has 0 radical (unpaired) electrons. The largest absolute Gasteiger partial charge is 0.415 e. The highest BCUT2D eigenvalue weighted by Gasteiger charge is 2.33. The molecule has 1 aliphatic heterocycles. The van der Waals surface area contributed by atoms with Crippen molar-refractivity contribution in [2.75, 3.05) is 20.3 Å². The minimum atomic E-state index is -3.38. The number of benzene rings is 2. The maximum atomic E-state index is 12.5. The van der Waals surface area contributed by atoms with Gasteiger partial charge in [0, 0.05) is 17.7 Å². The van der Waals surface area contributed by atoms with Gasteiger partial charge in [0.2, 0.25) is 5.89 Å². The molecule has 2 aromatic carbocycles. The normalized spacial score (nSPS) is 14.2. The Kier molecular flexibility index (Phi) is 5.71. The Labute approximate surface area is 190 Å². The topological polar surface area (TPSA) is 120 Å². The third-order valence-electron chi connectivity index (χ3n) is 5.39. The maximum absolute atomic E-state index is 12.5. The van der Waals surface area contributed by atoms with E-state index >= 15 is 0 Å². The van der Waals surface area contributed by atoms with Crippen molar-refractivity contribution in [1.29, 1.82) is 0 Å². The Balaban J connectivity index is 1.37. The molecule has 4 aromatic rings. The highest BCUT2D eigenvalue weighted by atomic mass is 32.2. The molecule has 0 spiro atoms. The van der Waals surface area contributed by atoms with Crippen molar-refractivity contribution in [1.82, 2.24) is 25.5 Å². The first-order valence-corrected chi connectivity index (χ1v) is 11.9. The van der Waals surface area contributed by atoms with Crippen molar-refractivity contribution < 1.29 is 17.6 Å². The molecule has 0 saturated carbocycles. The van der Waals surface area contributed by atoms with Gasteiger partial charge >= 0.3 is 0 Å². The van der Waals surface area contributed by atoms with E-state index in [1.807, 2.05) is 31.3 Å². The van der Waals surface area contributed by atoms with E-state index in [9.17, 15) is 8.42 Å². The smallest absolute Gasteiger partial charge is 0.268 e. The van der Waals surface area contributed by atoms with E-state index in [0.29, 0.717) is 17.3 Å². The Bertz CT molecular complexity index is 1360. The van der Waals surface area contributed by atoms with Gasteiger partial charge in [-0.2, -0.15) is 0 Å². The minimum absolute atomic E-state index is 0.240. The number of nitrogens with one attached hydrogen (secondary N) is 1. The summed E-state index contributed by atoms with van der Waals surface area (Å²) in [4.78, 5) is 9.09. The first kappa shape index (κ1) is 21.4. The fourth-order valence-electron chi connectivity index (χ4n) is 3.42. The molecule has 1 N–H and O–H groups in total. The molecule has 9 nitrogen and oxygen atoms in total. The molecule has 33 heavy (non-hydrogen) atoms. The van der Waals surface area contributed by atoms with E-state index in [1.165, 1.54) is 0 Å². The van der Waals surface area contributed by atoms with Crippen molar-refractivity contribution in [2.45, 2.75) is 16.7 Å². The molecule has 5 rings (SSSR count). The molecule has 1 fully saturated rings. The van der Waals surface area contributed by atoms with Crippen LogP contribution < -0.4 is 5.32 Å². The fourth-order valence-corrected chi connectivity index (χ4v) is 4.87. The lowest BCUT2D eigenvalue weighted by Crippen LogP contribution is -2.40. The van der Waals surface area contributed by atoms with E-state index in [1.54, 1.807) is 36.7 Å². The van der Waals surface area contributed by atoms with Crippen molar-refractivity contribution in [2.24, 2.45) is 0 Å². The van der Waals surface area contributed by atoms with Crippen LogP contribution in [0.25, 0.3) is 34.3 Å². The summed E-state index contributed by atoms with van der Waals surface area (Å²) in [6, 6.07) is 14.4. The number of hydrogen-bond acceptors (Lipinski definition) is 9. The maximum Gasteiger partial charge on any atom is 0.268 e. The molecule has 0 aliphatic carbocycles. The lowest BCUT2D eigenvalue weighted by Gasteiger charge is -2.25. The second-order valence-electron chi connectivity index (χ2n) is 7.66. The molecule has 0 amide bonds. The Morgan fingerprint density at radius 1 is 0.909 bits per heavy atom. The van der Waals surface area contributed by atoms with Gasteiger partial charge in [-0.05, 0) is 36.9 Å². The zero-order chi connectivity index (χ0) is 22.8. The molecule has 0 bridgehead atoms. The predicted molar refractivity (Wildman–Crippen MR) is 121 cm³/mol. The average molecular weight is 464 g/mol. The summed E-state index contributed by atoms with van der Waals surface area (Å²) in [7, 11) is -1.48. The van der Waals surface area contributed by atoms with Crippen LogP contribution in [0.2, 0.25) is 0 Å². The first-order valence-electron chi connectivity index (χ1n) is 10.4. The lowest BCUT2D eigenvalue weighted by atomic mass is 10.1. The first-order chi connectivity index (χ1) is 16.0. The Morgan fingerprint density at radius 2 is 1.58 bits per heavy atom. The molecular formula is C23H21N5O4S. The van der Waals surface area contributed by atoms with E-state index in [0.717, 1.165) is 23.2 Å². The standard InChI is InChI=1S/C23H21N5O4S/c1-24-10-15-2-4-17(5-3-15)22-27-28-23(32-22)21-12-25-11-20(26-21)16-6-8-18(9-7-16)33(29,30)19-13-31-14-19/h2-9,11-12,19,24H,10,13-14H2,1H3. The fraction of sp³-hybridized carbons (Fsp3) is 0.217.